The van der Waals surface area contributed by atoms with E-state index in [1.54, 1.807) is 16.4 Å². The molecule has 0 spiro atoms. The Hall–Kier alpha value is -0.500. The van der Waals surface area contributed by atoms with Crippen LogP contribution < -0.4 is 5.32 Å². The molecule has 1 aliphatic heterocycles. The van der Waals surface area contributed by atoms with Crippen LogP contribution >= 0.6 is 11.8 Å². The minimum absolute atomic E-state index is 0.00751. The van der Waals surface area contributed by atoms with Crippen LogP contribution in [0.25, 0.3) is 0 Å². The van der Waals surface area contributed by atoms with Gasteiger partial charge in [-0.2, -0.15) is 16.1 Å². The lowest BCUT2D eigenvalue weighted by molar-refractivity contribution is 0.320. The van der Waals surface area contributed by atoms with Gasteiger partial charge in [-0.3, -0.25) is 0 Å². The van der Waals surface area contributed by atoms with Crippen LogP contribution in [0, 0.1) is 0 Å². The second kappa shape index (κ2) is 5.95. The first kappa shape index (κ1) is 15.4. The molecule has 2 unspecified atom stereocenters. The third kappa shape index (κ3) is 3.31. The highest BCUT2D eigenvalue weighted by Gasteiger charge is 2.36. The van der Waals surface area contributed by atoms with Crippen LogP contribution in [0.1, 0.15) is 32.4 Å². The Bertz CT molecular complexity index is 595. The molecule has 0 radical (unpaired) electrons. The van der Waals surface area contributed by atoms with Gasteiger partial charge in [-0.15, -0.1) is 0 Å². The number of nitrogens with zero attached hydrogens (tertiary/aromatic N) is 1. The lowest BCUT2D eigenvalue weighted by Gasteiger charge is -2.35. The molecule has 0 amide bonds. The Kier molecular flexibility index (Phi) is 4.36. The van der Waals surface area contributed by atoms with Gasteiger partial charge in [0.05, 0.1) is 6.54 Å². The van der Waals surface area contributed by atoms with Gasteiger partial charge in [0.2, 0.25) is 5.09 Å². The van der Waals surface area contributed by atoms with Crippen molar-refractivity contribution in [1.29, 1.82) is 0 Å². The van der Waals surface area contributed by atoms with Crippen LogP contribution in [0.4, 0.5) is 0 Å². The number of thioether (sulfide) groups is 1. The molecule has 7 heteroatoms. The molecular weight excluding hydrogens is 308 g/mol. The Balaban J connectivity index is 1.74. The number of hydrogen-bond acceptors (Lipinski definition) is 5. The summed E-state index contributed by atoms with van der Waals surface area (Å²) in [6.07, 6.45) is 2.40. The van der Waals surface area contributed by atoms with Crippen LogP contribution in [-0.4, -0.2) is 42.4 Å². The van der Waals surface area contributed by atoms with Crippen LogP contribution in [0.2, 0.25) is 0 Å². The maximum absolute atomic E-state index is 12.7. The highest BCUT2D eigenvalue weighted by Crippen LogP contribution is 2.30. The third-order valence-electron chi connectivity index (χ3n) is 4.17. The molecule has 1 saturated carbocycles. The molecule has 1 saturated heterocycles. The molecule has 21 heavy (non-hydrogen) atoms. The topological polar surface area (TPSA) is 62.6 Å². The van der Waals surface area contributed by atoms with E-state index in [1.807, 2.05) is 18.7 Å². The Morgan fingerprint density at radius 3 is 2.86 bits per heavy atom. The summed E-state index contributed by atoms with van der Waals surface area (Å²) in [7, 11) is -3.52. The Labute approximate surface area is 130 Å². The molecule has 1 aromatic heterocycles. The smallest absolute Gasteiger partial charge is 0.276 e. The van der Waals surface area contributed by atoms with Gasteiger partial charge in [-0.05, 0) is 31.9 Å². The van der Waals surface area contributed by atoms with Crippen LogP contribution in [0.5, 0.6) is 0 Å². The fraction of sp³-hybridized carbons (Fsp3) is 0.714. The van der Waals surface area contributed by atoms with E-state index in [2.05, 4.69) is 12.2 Å². The summed E-state index contributed by atoms with van der Waals surface area (Å²) in [6, 6.07) is 3.91. The van der Waals surface area contributed by atoms with Gasteiger partial charge >= 0.3 is 0 Å². The maximum atomic E-state index is 12.7. The van der Waals surface area contributed by atoms with Gasteiger partial charge in [-0.25, -0.2) is 8.42 Å². The average Bonchev–Trinajstić information content (AvgIpc) is 3.15. The molecule has 3 rings (SSSR count). The molecule has 1 N–H and O–H groups in total. The van der Waals surface area contributed by atoms with Crippen molar-refractivity contribution in [2.45, 2.75) is 55.7 Å². The number of nitrogens with one attached hydrogen (secondary N) is 1. The monoisotopic (exact) mass is 330 g/mol. The molecular formula is C14H22N2O3S2. The van der Waals surface area contributed by atoms with E-state index in [4.69, 9.17) is 4.42 Å². The van der Waals surface area contributed by atoms with E-state index in [-0.39, 0.29) is 11.1 Å². The van der Waals surface area contributed by atoms with Gasteiger partial charge in [0.25, 0.3) is 10.0 Å². The molecule has 1 aliphatic carbocycles. The molecule has 2 heterocycles. The fourth-order valence-electron chi connectivity index (χ4n) is 2.48. The van der Waals surface area contributed by atoms with Crippen molar-refractivity contribution in [3.63, 3.8) is 0 Å². The summed E-state index contributed by atoms with van der Waals surface area (Å²) in [5.41, 5.74) is 0. The van der Waals surface area contributed by atoms with Crippen LogP contribution in [0.3, 0.4) is 0 Å². The summed E-state index contributed by atoms with van der Waals surface area (Å²) in [6.45, 7) is 5.19. The summed E-state index contributed by atoms with van der Waals surface area (Å²) in [5.74, 6) is 1.52. The van der Waals surface area contributed by atoms with Gasteiger partial charge in [0.15, 0.2) is 0 Å². The van der Waals surface area contributed by atoms with Crippen LogP contribution in [0.15, 0.2) is 21.6 Å². The molecule has 0 bridgehead atoms. The summed E-state index contributed by atoms with van der Waals surface area (Å²) in [4.78, 5) is 0. The zero-order chi connectivity index (χ0) is 15.0. The highest BCUT2D eigenvalue weighted by molar-refractivity contribution is 8.00. The van der Waals surface area contributed by atoms with E-state index in [0.717, 1.165) is 5.75 Å². The van der Waals surface area contributed by atoms with Crippen molar-refractivity contribution in [3.05, 3.63) is 17.9 Å². The second-order valence-corrected chi connectivity index (χ2v) is 9.11. The SMILES string of the molecule is CC1SCCN(S(=O)(=O)c2ccc(CNC3CC3)o2)C1C. The molecule has 2 aliphatic rings. The van der Waals surface area contributed by atoms with E-state index >= 15 is 0 Å². The highest BCUT2D eigenvalue weighted by atomic mass is 32.2. The average molecular weight is 330 g/mol. The molecule has 118 valence electrons. The van der Waals surface area contributed by atoms with Gasteiger partial charge in [0, 0.05) is 29.6 Å². The minimum Gasteiger partial charge on any atom is -0.447 e. The summed E-state index contributed by atoms with van der Waals surface area (Å²) in [5, 5.41) is 3.70. The molecule has 0 aromatic carbocycles. The lowest BCUT2D eigenvalue weighted by Crippen LogP contribution is -2.47. The molecule has 2 fully saturated rings. The Morgan fingerprint density at radius 1 is 1.38 bits per heavy atom. The first-order chi connectivity index (χ1) is 9.98. The quantitative estimate of drug-likeness (QED) is 0.895. The minimum atomic E-state index is -3.52. The number of sulfonamides is 1. The van der Waals surface area contributed by atoms with Crippen molar-refractivity contribution in [2.24, 2.45) is 0 Å². The predicted octanol–water partition coefficient (Wildman–Crippen LogP) is 2.05. The third-order valence-corrected chi connectivity index (χ3v) is 7.37. The number of furan rings is 1. The zero-order valence-electron chi connectivity index (χ0n) is 12.4. The number of rotatable bonds is 5. The van der Waals surface area contributed by atoms with E-state index in [9.17, 15) is 8.42 Å². The normalized spacial score (nSPS) is 27.9. The van der Waals surface area contributed by atoms with E-state index in [1.165, 1.54) is 12.8 Å². The van der Waals surface area contributed by atoms with Crippen molar-refractivity contribution in [3.8, 4) is 0 Å². The standard InChI is InChI=1S/C14H22N2O3S2/c1-10-11(2)20-8-7-16(10)21(17,18)14-6-5-13(19-14)9-15-12-3-4-12/h5-6,10-12,15H,3-4,7-9H2,1-2H3. The van der Waals surface area contributed by atoms with Crippen molar-refractivity contribution in [1.82, 2.24) is 9.62 Å². The first-order valence-electron chi connectivity index (χ1n) is 7.44. The molecule has 2 atom stereocenters. The van der Waals surface area contributed by atoms with Gasteiger partial charge < -0.3 is 9.73 Å². The van der Waals surface area contributed by atoms with E-state index < -0.39 is 10.0 Å². The lowest BCUT2D eigenvalue weighted by atomic mass is 10.2. The maximum Gasteiger partial charge on any atom is 0.276 e. The summed E-state index contributed by atoms with van der Waals surface area (Å²) < 4.78 is 32.6. The van der Waals surface area contributed by atoms with Gasteiger partial charge in [-0.1, -0.05) is 6.92 Å². The van der Waals surface area contributed by atoms with Gasteiger partial charge in [0.1, 0.15) is 5.76 Å². The van der Waals surface area contributed by atoms with Crippen LogP contribution in [-0.2, 0) is 16.6 Å². The molecule has 1 aromatic rings. The Morgan fingerprint density at radius 2 is 2.14 bits per heavy atom. The number of hydrogen-bond donors (Lipinski definition) is 1. The second-order valence-electron chi connectivity index (χ2n) is 5.81. The van der Waals surface area contributed by atoms with Crippen molar-refractivity contribution < 1.29 is 12.8 Å². The molecule has 5 nitrogen and oxygen atoms in total. The largest absolute Gasteiger partial charge is 0.447 e. The van der Waals surface area contributed by atoms with Crippen molar-refractivity contribution >= 4 is 21.8 Å². The summed E-state index contributed by atoms with van der Waals surface area (Å²) >= 11 is 1.82. The van der Waals surface area contributed by atoms with Crippen molar-refractivity contribution in [2.75, 3.05) is 12.3 Å². The fourth-order valence-corrected chi connectivity index (χ4v) is 5.41. The zero-order valence-corrected chi connectivity index (χ0v) is 14.0. The van der Waals surface area contributed by atoms with E-state index in [0.29, 0.717) is 30.1 Å². The first-order valence-corrected chi connectivity index (χ1v) is 9.93. The predicted molar refractivity (Wildman–Crippen MR) is 83.8 cm³/mol.